The minimum Gasteiger partial charge on any atom is -0.433 e. The summed E-state index contributed by atoms with van der Waals surface area (Å²) < 4.78 is 9.67. The van der Waals surface area contributed by atoms with Crippen LogP contribution in [0.5, 0.6) is 0 Å². The quantitative estimate of drug-likeness (QED) is 0.702. The van der Waals surface area contributed by atoms with Crippen LogP contribution in [0, 0.1) is 5.41 Å². The number of carbonyl (C=O) groups excluding carboxylic acids is 1. The predicted molar refractivity (Wildman–Crippen MR) is 52.8 cm³/mol. The second-order valence-corrected chi connectivity index (χ2v) is 4.17. The molecule has 1 N–H and O–H groups in total. The second-order valence-electron chi connectivity index (χ2n) is 4.17. The smallest absolute Gasteiger partial charge is 0.433 e. The van der Waals surface area contributed by atoms with Gasteiger partial charge in [-0.1, -0.05) is 6.58 Å². The molecule has 0 unspecified atom stereocenters. The predicted octanol–water partition coefficient (Wildman–Crippen LogP) is 1.67. The summed E-state index contributed by atoms with van der Waals surface area (Å²) in [5.41, 5.74) is 0.526. The molecule has 0 aliphatic carbocycles. The van der Waals surface area contributed by atoms with Crippen molar-refractivity contribution >= 4 is 6.16 Å². The van der Waals surface area contributed by atoms with Crippen molar-refractivity contribution in [2.75, 3.05) is 13.2 Å². The summed E-state index contributed by atoms with van der Waals surface area (Å²) in [5, 5.41) is 3.20. The second kappa shape index (κ2) is 3.90. The van der Waals surface area contributed by atoms with Gasteiger partial charge in [0.2, 0.25) is 0 Å². The van der Waals surface area contributed by atoms with Crippen LogP contribution >= 0.6 is 0 Å². The molecule has 0 atom stereocenters. The molecular formula is C10H17NO3. The van der Waals surface area contributed by atoms with Crippen molar-refractivity contribution in [1.29, 1.82) is 0 Å². The first kappa shape index (κ1) is 10.9. The molecule has 0 saturated carbocycles. The van der Waals surface area contributed by atoms with E-state index in [0.717, 1.165) is 5.70 Å². The Morgan fingerprint density at radius 1 is 1.50 bits per heavy atom. The number of cyclic esters (lactones) is 2. The molecule has 0 aromatic carbocycles. The highest BCUT2D eigenvalue weighted by molar-refractivity contribution is 5.60. The lowest BCUT2D eigenvalue weighted by molar-refractivity contribution is -0.0397. The Morgan fingerprint density at radius 2 is 2.00 bits per heavy atom. The van der Waals surface area contributed by atoms with E-state index in [9.17, 15) is 4.79 Å². The van der Waals surface area contributed by atoms with E-state index < -0.39 is 6.16 Å². The highest BCUT2D eigenvalue weighted by atomic mass is 16.7. The van der Waals surface area contributed by atoms with Crippen molar-refractivity contribution < 1.29 is 14.3 Å². The van der Waals surface area contributed by atoms with Crippen LogP contribution in [0.4, 0.5) is 4.79 Å². The first-order valence-corrected chi connectivity index (χ1v) is 4.69. The van der Waals surface area contributed by atoms with Crippen LogP contribution in [0.15, 0.2) is 12.3 Å². The summed E-state index contributed by atoms with van der Waals surface area (Å²) in [7, 11) is 0. The Hall–Kier alpha value is -1.19. The fraction of sp³-hybridized carbons (Fsp3) is 0.700. The van der Waals surface area contributed by atoms with E-state index in [1.807, 2.05) is 20.8 Å². The van der Waals surface area contributed by atoms with E-state index in [1.54, 1.807) is 0 Å². The summed E-state index contributed by atoms with van der Waals surface area (Å²) >= 11 is 0. The zero-order valence-corrected chi connectivity index (χ0v) is 8.92. The van der Waals surface area contributed by atoms with Crippen LogP contribution in [0.2, 0.25) is 0 Å². The van der Waals surface area contributed by atoms with Gasteiger partial charge in [-0.25, -0.2) is 4.79 Å². The monoisotopic (exact) mass is 199 g/mol. The molecule has 1 fully saturated rings. The SMILES string of the molecule is C=C(NC(C)C)C1(C)COC(=O)OC1. The lowest BCUT2D eigenvalue weighted by Gasteiger charge is -2.35. The molecule has 80 valence electrons. The van der Waals surface area contributed by atoms with E-state index in [4.69, 9.17) is 9.47 Å². The van der Waals surface area contributed by atoms with Crippen LogP contribution in [0.3, 0.4) is 0 Å². The largest absolute Gasteiger partial charge is 0.508 e. The Balaban J connectivity index is 2.57. The Morgan fingerprint density at radius 3 is 2.43 bits per heavy atom. The minimum atomic E-state index is -0.597. The van der Waals surface area contributed by atoms with Crippen LogP contribution in [-0.4, -0.2) is 25.4 Å². The maximum atomic E-state index is 10.7. The van der Waals surface area contributed by atoms with Gasteiger partial charge in [0.05, 0.1) is 5.41 Å². The number of ether oxygens (including phenoxy) is 2. The Kier molecular flexibility index (Phi) is 3.03. The molecule has 0 aromatic rings. The van der Waals surface area contributed by atoms with Gasteiger partial charge in [0.1, 0.15) is 13.2 Å². The third kappa shape index (κ3) is 2.40. The van der Waals surface area contributed by atoms with Crippen molar-refractivity contribution in [3.63, 3.8) is 0 Å². The number of rotatable bonds is 3. The molecular weight excluding hydrogens is 182 g/mol. The molecule has 1 aliphatic heterocycles. The summed E-state index contributed by atoms with van der Waals surface area (Å²) in [5.74, 6) is 0. The molecule has 14 heavy (non-hydrogen) atoms. The summed E-state index contributed by atoms with van der Waals surface area (Å²) in [6.07, 6.45) is -0.597. The third-order valence-electron chi connectivity index (χ3n) is 2.21. The van der Waals surface area contributed by atoms with Crippen molar-refractivity contribution in [2.24, 2.45) is 5.41 Å². The molecule has 4 nitrogen and oxygen atoms in total. The summed E-state index contributed by atoms with van der Waals surface area (Å²) in [6, 6.07) is 0.317. The number of hydrogen-bond acceptors (Lipinski definition) is 4. The number of hydrogen-bond donors (Lipinski definition) is 1. The highest BCUT2D eigenvalue weighted by Crippen LogP contribution is 2.28. The van der Waals surface area contributed by atoms with E-state index >= 15 is 0 Å². The first-order chi connectivity index (χ1) is 6.44. The van der Waals surface area contributed by atoms with Gasteiger partial charge >= 0.3 is 6.16 Å². The van der Waals surface area contributed by atoms with Gasteiger partial charge in [-0.15, -0.1) is 0 Å². The van der Waals surface area contributed by atoms with E-state index in [2.05, 4.69) is 11.9 Å². The van der Waals surface area contributed by atoms with E-state index in [1.165, 1.54) is 0 Å². The Labute approximate surface area is 84.3 Å². The van der Waals surface area contributed by atoms with Gasteiger partial charge in [-0.05, 0) is 20.8 Å². The fourth-order valence-corrected chi connectivity index (χ4v) is 1.22. The van der Waals surface area contributed by atoms with Crippen molar-refractivity contribution in [3.05, 3.63) is 12.3 Å². The van der Waals surface area contributed by atoms with Gasteiger partial charge in [-0.3, -0.25) is 0 Å². The van der Waals surface area contributed by atoms with Crippen LogP contribution in [0.1, 0.15) is 20.8 Å². The normalized spacial score (nSPS) is 19.9. The molecule has 0 bridgehead atoms. The zero-order valence-electron chi connectivity index (χ0n) is 8.92. The Bertz CT molecular complexity index is 238. The standard InChI is InChI=1S/C10H17NO3/c1-7(2)11-8(3)10(4)5-13-9(12)14-6-10/h7,11H,3,5-6H2,1-2,4H3. The number of carbonyl (C=O) groups is 1. The van der Waals surface area contributed by atoms with Gasteiger partial charge in [0, 0.05) is 11.7 Å². The van der Waals surface area contributed by atoms with Crippen molar-refractivity contribution in [3.8, 4) is 0 Å². The van der Waals surface area contributed by atoms with Gasteiger partial charge < -0.3 is 14.8 Å². The molecule has 0 amide bonds. The molecule has 1 rings (SSSR count). The average molecular weight is 199 g/mol. The summed E-state index contributed by atoms with van der Waals surface area (Å²) in [4.78, 5) is 10.7. The number of nitrogens with one attached hydrogen (secondary N) is 1. The molecule has 1 aliphatic rings. The maximum absolute atomic E-state index is 10.7. The molecule has 0 spiro atoms. The molecule has 1 saturated heterocycles. The topological polar surface area (TPSA) is 47.6 Å². The first-order valence-electron chi connectivity index (χ1n) is 4.69. The van der Waals surface area contributed by atoms with Crippen LogP contribution in [0.25, 0.3) is 0 Å². The van der Waals surface area contributed by atoms with Gasteiger partial charge in [0.15, 0.2) is 0 Å². The third-order valence-corrected chi connectivity index (χ3v) is 2.21. The summed E-state index contributed by atoms with van der Waals surface area (Å²) in [6.45, 7) is 10.6. The average Bonchev–Trinajstić information content (AvgIpc) is 2.09. The lowest BCUT2D eigenvalue weighted by Crippen LogP contribution is -2.43. The van der Waals surface area contributed by atoms with E-state index in [-0.39, 0.29) is 5.41 Å². The molecule has 0 aromatic heterocycles. The lowest BCUT2D eigenvalue weighted by atomic mass is 9.88. The molecule has 4 heteroatoms. The molecule has 0 radical (unpaired) electrons. The molecule has 1 heterocycles. The minimum absolute atomic E-state index is 0.317. The van der Waals surface area contributed by atoms with Crippen molar-refractivity contribution in [2.45, 2.75) is 26.8 Å². The van der Waals surface area contributed by atoms with Crippen LogP contribution < -0.4 is 5.32 Å². The highest BCUT2D eigenvalue weighted by Gasteiger charge is 2.36. The fourth-order valence-electron chi connectivity index (χ4n) is 1.22. The van der Waals surface area contributed by atoms with E-state index in [0.29, 0.717) is 19.3 Å². The van der Waals surface area contributed by atoms with Gasteiger partial charge in [-0.2, -0.15) is 0 Å². The van der Waals surface area contributed by atoms with Crippen molar-refractivity contribution in [1.82, 2.24) is 5.32 Å². The van der Waals surface area contributed by atoms with Crippen LogP contribution in [-0.2, 0) is 9.47 Å². The maximum Gasteiger partial charge on any atom is 0.508 e. The van der Waals surface area contributed by atoms with Gasteiger partial charge in [0.25, 0.3) is 0 Å². The zero-order chi connectivity index (χ0) is 10.8.